The van der Waals surface area contributed by atoms with E-state index in [-0.39, 0.29) is 25.3 Å². The maximum atomic E-state index is 14.1. The van der Waals surface area contributed by atoms with Gasteiger partial charge in [-0.2, -0.15) is 0 Å². The van der Waals surface area contributed by atoms with Crippen molar-refractivity contribution in [1.29, 1.82) is 0 Å². The third-order valence-corrected chi connectivity index (χ3v) is 6.92. The minimum absolute atomic E-state index is 0.0450. The normalized spacial score (nSPS) is 17.8. The molecule has 3 aromatic rings. The van der Waals surface area contributed by atoms with Crippen LogP contribution in [0, 0.1) is 0 Å². The van der Waals surface area contributed by atoms with E-state index in [4.69, 9.17) is 29.0 Å². The van der Waals surface area contributed by atoms with Crippen molar-refractivity contribution >= 4 is 17.8 Å². The number of nitrogens with zero attached hydrogens (tertiary/aromatic N) is 1. The summed E-state index contributed by atoms with van der Waals surface area (Å²) in [7, 11) is 1.60. The number of esters is 1. The first-order chi connectivity index (χ1) is 21.1. The highest BCUT2D eigenvalue weighted by molar-refractivity contribution is 6.01. The van der Waals surface area contributed by atoms with E-state index < -0.39 is 29.1 Å². The molecule has 0 fully saturated rings. The Morgan fingerprint density at radius 2 is 1.66 bits per heavy atom. The molecule has 0 unspecified atom stereocenters. The van der Waals surface area contributed by atoms with E-state index in [1.165, 1.54) is 0 Å². The molecule has 10 heteroatoms. The zero-order valence-electron chi connectivity index (χ0n) is 25.7. The molecule has 3 aromatic carbocycles. The number of ether oxygens (including phenoxy) is 4. The van der Waals surface area contributed by atoms with Crippen molar-refractivity contribution < 1.29 is 33.6 Å². The van der Waals surface area contributed by atoms with Crippen molar-refractivity contribution in [2.45, 2.75) is 63.8 Å². The fourth-order valence-corrected chi connectivity index (χ4v) is 4.76. The van der Waals surface area contributed by atoms with E-state index in [0.29, 0.717) is 30.9 Å². The van der Waals surface area contributed by atoms with Crippen LogP contribution in [0.2, 0.25) is 0 Å². The lowest BCUT2D eigenvalue weighted by atomic mass is 9.83. The maximum Gasteiger partial charge on any atom is 0.306 e. The monoisotopic (exact) mass is 603 g/mol. The van der Waals surface area contributed by atoms with E-state index in [1.807, 2.05) is 54.6 Å². The van der Waals surface area contributed by atoms with Gasteiger partial charge in [-0.15, -0.1) is 0 Å². The lowest BCUT2D eigenvalue weighted by molar-refractivity contribution is -0.155. The summed E-state index contributed by atoms with van der Waals surface area (Å²) in [5, 5.41) is 9.03. The van der Waals surface area contributed by atoms with E-state index in [1.54, 1.807) is 52.1 Å². The van der Waals surface area contributed by atoms with Crippen LogP contribution in [0.25, 0.3) is 0 Å². The highest BCUT2D eigenvalue weighted by Gasteiger charge is 2.53. The molecule has 1 aliphatic rings. The maximum absolute atomic E-state index is 14.1. The number of methoxy groups -OCH3 is 1. The summed E-state index contributed by atoms with van der Waals surface area (Å²) in [5.74, 6) is 0.768. The Balaban J connectivity index is 1.64. The predicted molar refractivity (Wildman–Crippen MR) is 166 cm³/mol. The Hall–Kier alpha value is -4.41. The molecule has 0 aromatic heterocycles. The minimum Gasteiger partial charge on any atom is -0.497 e. The molecule has 0 bridgehead atoms. The van der Waals surface area contributed by atoms with Crippen LogP contribution in [0.3, 0.4) is 0 Å². The molecule has 4 rings (SSSR count). The Bertz CT molecular complexity index is 1400. The van der Waals surface area contributed by atoms with Gasteiger partial charge in [0.05, 0.1) is 13.7 Å². The van der Waals surface area contributed by atoms with Crippen LogP contribution >= 0.6 is 0 Å². The summed E-state index contributed by atoms with van der Waals surface area (Å²) >= 11 is 0. The number of aliphatic imine (C=N–C) groups is 1. The summed E-state index contributed by atoms with van der Waals surface area (Å²) in [4.78, 5) is 31.9. The topological polar surface area (TPSA) is 128 Å². The van der Waals surface area contributed by atoms with E-state index >= 15 is 0 Å². The van der Waals surface area contributed by atoms with E-state index in [2.05, 4.69) is 10.9 Å². The van der Waals surface area contributed by atoms with Gasteiger partial charge in [0.1, 0.15) is 17.1 Å². The number of aliphatic hydroxyl groups is 1. The number of nitrogens with one attached hydrogen (secondary N) is 2. The second-order valence-electron chi connectivity index (χ2n) is 11.4. The molecule has 0 aliphatic carbocycles. The number of carbonyl (C=O) groups is 2. The third kappa shape index (κ3) is 8.58. The highest BCUT2D eigenvalue weighted by Crippen LogP contribution is 2.43. The second kappa shape index (κ2) is 14.9. The predicted octanol–water partition coefficient (Wildman–Crippen LogP) is 4.66. The summed E-state index contributed by atoms with van der Waals surface area (Å²) in [6, 6.07) is 24.0. The Morgan fingerprint density at radius 3 is 2.30 bits per heavy atom. The summed E-state index contributed by atoms with van der Waals surface area (Å²) in [5.41, 5.74) is 5.99. The van der Waals surface area contributed by atoms with E-state index in [0.717, 1.165) is 16.9 Å². The Labute approximate surface area is 258 Å². The molecule has 1 heterocycles. The van der Waals surface area contributed by atoms with Crippen molar-refractivity contribution in [3.63, 3.8) is 0 Å². The molecule has 0 radical (unpaired) electrons. The Morgan fingerprint density at radius 1 is 0.977 bits per heavy atom. The van der Waals surface area contributed by atoms with Crippen molar-refractivity contribution in [3.05, 3.63) is 95.6 Å². The number of aliphatic hydroxyl groups excluding tert-OH is 1. The highest BCUT2D eigenvalue weighted by atomic mass is 16.6. The average molecular weight is 604 g/mol. The first-order valence-electron chi connectivity index (χ1n) is 14.7. The van der Waals surface area contributed by atoms with Crippen LogP contribution in [0.15, 0.2) is 83.9 Å². The van der Waals surface area contributed by atoms with Crippen molar-refractivity contribution in [2.24, 2.45) is 4.99 Å². The molecule has 3 N–H and O–H groups in total. The molecule has 2 atom stereocenters. The number of carbonyl (C=O) groups excluding carboxylic acids is 2. The third-order valence-electron chi connectivity index (χ3n) is 6.92. The second-order valence-corrected chi connectivity index (χ2v) is 11.4. The SMILES string of the molecule is COc1ccc(CNNC(=O)[C@@]2(CCC(=O)OC(C)(C)C)N=C(c3ccc(OCCCO)cc3)O[C@H]2c2ccccc2)cc1. The van der Waals surface area contributed by atoms with Crippen LogP contribution in [-0.2, 0) is 25.6 Å². The lowest BCUT2D eigenvalue weighted by Gasteiger charge is -2.31. The lowest BCUT2D eigenvalue weighted by Crippen LogP contribution is -2.52. The molecule has 10 nitrogen and oxygen atoms in total. The number of hydrogen-bond acceptors (Lipinski definition) is 9. The largest absolute Gasteiger partial charge is 0.497 e. The Kier molecular flexibility index (Phi) is 11.0. The van der Waals surface area contributed by atoms with Gasteiger partial charge in [-0.3, -0.25) is 15.0 Å². The summed E-state index contributed by atoms with van der Waals surface area (Å²) < 4.78 is 22.9. The molecular weight excluding hydrogens is 562 g/mol. The van der Waals surface area contributed by atoms with Gasteiger partial charge in [-0.1, -0.05) is 42.5 Å². The van der Waals surface area contributed by atoms with Gasteiger partial charge in [-0.05, 0) is 74.7 Å². The zero-order chi connectivity index (χ0) is 31.6. The van der Waals surface area contributed by atoms with E-state index in [9.17, 15) is 9.59 Å². The fourth-order valence-electron chi connectivity index (χ4n) is 4.76. The molecule has 0 spiro atoms. The fraction of sp³-hybridized carbons (Fsp3) is 0.382. The van der Waals surface area contributed by atoms with Crippen molar-refractivity contribution in [1.82, 2.24) is 10.9 Å². The van der Waals surface area contributed by atoms with Gasteiger partial charge < -0.3 is 24.1 Å². The van der Waals surface area contributed by atoms with Gasteiger partial charge in [0, 0.05) is 31.6 Å². The molecule has 1 aliphatic heterocycles. The number of benzene rings is 3. The molecular formula is C34H41N3O7. The van der Waals surface area contributed by atoms with Crippen molar-refractivity contribution in [3.8, 4) is 11.5 Å². The van der Waals surface area contributed by atoms with Crippen LogP contribution in [0.4, 0.5) is 0 Å². The summed E-state index contributed by atoms with van der Waals surface area (Å²) in [6.07, 6.45) is -0.296. The zero-order valence-corrected chi connectivity index (χ0v) is 25.7. The van der Waals surface area contributed by atoms with Gasteiger partial charge in [0.25, 0.3) is 5.91 Å². The number of hydrazine groups is 1. The minimum atomic E-state index is -1.49. The quantitative estimate of drug-likeness (QED) is 0.138. The smallest absolute Gasteiger partial charge is 0.306 e. The molecule has 44 heavy (non-hydrogen) atoms. The van der Waals surface area contributed by atoms with Gasteiger partial charge in [0.2, 0.25) is 5.90 Å². The van der Waals surface area contributed by atoms with Crippen molar-refractivity contribution in [2.75, 3.05) is 20.3 Å². The first kappa shape index (κ1) is 32.5. The molecule has 234 valence electrons. The molecule has 0 saturated heterocycles. The number of amides is 1. The molecule has 1 amide bonds. The van der Waals surface area contributed by atoms with Crippen LogP contribution in [0.1, 0.15) is 62.8 Å². The standard InChI is InChI=1S/C34H41N3O7/c1-33(2,3)44-29(39)19-20-34(32(40)37-35-23-24-11-15-27(41-4)16-12-24)30(25-9-6-5-7-10-25)43-31(36-34)26-13-17-28(18-14-26)42-22-8-21-38/h5-7,9-18,30,35,38H,8,19-23H2,1-4H3,(H,37,40)/t30-,34-/m0/s1. The van der Waals surface area contributed by atoms with Crippen LogP contribution in [0.5, 0.6) is 11.5 Å². The van der Waals surface area contributed by atoms with Crippen LogP contribution < -0.4 is 20.3 Å². The number of hydrogen-bond donors (Lipinski definition) is 3. The van der Waals surface area contributed by atoms with Gasteiger partial charge >= 0.3 is 5.97 Å². The first-order valence-corrected chi connectivity index (χ1v) is 14.7. The van der Waals surface area contributed by atoms with Crippen LogP contribution in [-0.4, -0.2) is 54.3 Å². The van der Waals surface area contributed by atoms with Gasteiger partial charge in [-0.25, -0.2) is 10.4 Å². The summed E-state index contributed by atoms with van der Waals surface area (Å²) in [6.45, 7) is 6.19. The number of rotatable bonds is 14. The van der Waals surface area contributed by atoms with Gasteiger partial charge in [0.15, 0.2) is 11.6 Å². The average Bonchev–Trinajstić information content (AvgIpc) is 3.41. The molecule has 0 saturated carbocycles.